The number of ketones is 2. The van der Waals surface area contributed by atoms with E-state index in [1.54, 1.807) is 19.1 Å². The largest absolute Gasteiger partial charge is 0.447 e. The molecule has 2 aromatic carbocycles. The molecule has 0 unspecified atom stereocenters. The summed E-state index contributed by atoms with van der Waals surface area (Å²) in [4.78, 5) is 41.5. The first kappa shape index (κ1) is 26.7. The van der Waals surface area contributed by atoms with E-state index in [0.29, 0.717) is 24.3 Å². The first-order valence-electron chi connectivity index (χ1n) is 14.7. The van der Waals surface area contributed by atoms with Crippen LogP contribution in [0.15, 0.2) is 77.4 Å². The van der Waals surface area contributed by atoms with E-state index < -0.39 is 17.0 Å². The maximum absolute atomic E-state index is 13.6. The van der Waals surface area contributed by atoms with Crippen LogP contribution in [0.5, 0.6) is 0 Å². The molecule has 2 saturated carbocycles. The van der Waals surface area contributed by atoms with E-state index in [4.69, 9.17) is 4.74 Å². The number of ether oxygens (including phenoxy) is 1. The first-order chi connectivity index (χ1) is 19.1. The Labute approximate surface area is 237 Å². The highest BCUT2D eigenvalue weighted by molar-refractivity contribution is 5.95. The van der Waals surface area contributed by atoms with Gasteiger partial charge in [-0.25, -0.2) is 4.79 Å². The van der Waals surface area contributed by atoms with E-state index in [9.17, 15) is 14.4 Å². The number of benzene rings is 2. The Morgan fingerprint density at radius 1 is 0.950 bits per heavy atom. The van der Waals surface area contributed by atoms with Crippen molar-refractivity contribution in [3.8, 4) is 0 Å². The molecule has 0 amide bonds. The minimum atomic E-state index is -1.17. The van der Waals surface area contributed by atoms with E-state index in [2.05, 4.69) is 36.1 Å². The zero-order chi connectivity index (χ0) is 28.2. The van der Waals surface area contributed by atoms with Gasteiger partial charge in [-0.2, -0.15) is 0 Å². The summed E-state index contributed by atoms with van der Waals surface area (Å²) in [6.07, 6.45) is 7.24. The smallest absolute Gasteiger partial charge is 0.339 e. The van der Waals surface area contributed by atoms with Crippen molar-refractivity contribution >= 4 is 23.2 Å². The molecule has 0 aliphatic heterocycles. The van der Waals surface area contributed by atoms with Crippen molar-refractivity contribution in [1.82, 2.24) is 0 Å². The summed E-state index contributed by atoms with van der Waals surface area (Å²) in [7, 11) is 4.08. The van der Waals surface area contributed by atoms with Crippen LogP contribution in [0.1, 0.15) is 80.6 Å². The molecule has 0 heterocycles. The molecule has 208 valence electrons. The molecule has 0 spiro atoms. The van der Waals surface area contributed by atoms with Crippen molar-refractivity contribution in [3.63, 3.8) is 0 Å². The van der Waals surface area contributed by atoms with Crippen LogP contribution < -0.4 is 4.90 Å². The quantitative estimate of drug-likeness (QED) is 0.391. The van der Waals surface area contributed by atoms with Crippen LogP contribution in [0, 0.1) is 17.3 Å². The van der Waals surface area contributed by atoms with Crippen LogP contribution in [0.2, 0.25) is 0 Å². The summed E-state index contributed by atoms with van der Waals surface area (Å²) >= 11 is 0. The second-order valence-corrected chi connectivity index (χ2v) is 12.7. The number of anilines is 1. The molecule has 2 aromatic rings. The Bertz CT molecular complexity index is 1420. The number of nitrogens with zero attached hydrogens (tertiary/aromatic N) is 1. The molecule has 0 radical (unpaired) electrons. The van der Waals surface area contributed by atoms with Crippen LogP contribution in [-0.4, -0.2) is 37.2 Å². The number of esters is 1. The molecule has 4 aliphatic carbocycles. The number of fused-ring (bicyclic) bond motifs is 4. The molecule has 0 N–H and O–H groups in total. The van der Waals surface area contributed by atoms with Crippen molar-refractivity contribution in [3.05, 3.63) is 88.5 Å². The van der Waals surface area contributed by atoms with Crippen molar-refractivity contribution < 1.29 is 19.1 Å². The third-order valence-electron chi connectivity index (χ3n) is 10.5. The fourth-order valence-corrected chi connectivity index (χ4v) is 8.56. The minimum absolute atomic E-state index is 0.0563. The number of allylic oxidation sites excluding steroid dienone is 4. The summed E-state index contributed by atoms with van der Waals surface area (Å²) in [5, 5.41) is 0. The van der Waals surface area contributed by atoms with Gasteiger partial charge < -0.3 is 9.64 Å². The summed E-state index contributed by atoms with van der Waals surface area (Å²) < 4.78 is 6.39. The van der Waals surface area contributed by atoms with Gasteiger partial charge in [-0.3, -0.25) is 9.59 Å². The van der Waals surface area contributed by atoms with Gasteiger partial charge in [0.15, 0.2) is 17.2 Å². The SMILES string of the molecule is CC(=O)[C@@]1(OC(=O)c2ccccc2)CC[C@H]2[C@@H]3CCC4=CC(=O)CCC4=C3[C@@H](c3ccc(N(C)C)cc3)C[C@@]21C. The van der Waals surface area contributed by atoms with Gasteiger partial charge in [0.1, 0.15) is 0 Å². The Morgan fingerprint density at radius 3 is 2.35 bits per heavy atom. The second kappa shape index (κ2) is 9.87. The number of carbonyl (C=O) groups excluding carboxylic acids is 3. The van der Waals surface area contributed by atoms with Crippen LogP contribution in [-0.2, 0) is 14.3 Å². The van der Waals surface area contributed by atoms with Crippen LogP contribution in [0.3, 0.4) is 0 Å². The van der Waals surface area contributed by atoms with Crippen molar-refractivity contribution in [2.45, 2.75) is 70.3 Å². The third kappa shape index (κ3) is 4.08. The number of hydrogen-bond donors (Lipinski definition) is 0. The number of carbonyl (C=O) groups is 3. The Morgan fingerprint density at radius 2 is 1.68 bits per heavy atom. The normalized spacial score (nSPS) is 31.1. The first-order valence-corrected chi connectivity index (χ1v) is 14.7. The maximum Gasteiger partial charge on any atom is 0.339 e. The van der Waals surface area contributed by atoms with Crippen LogP contribution in [0.25, 0.3) is 0 Å². The predicted octanol–water partition coefficient (Wildman–Crippen LogP) is 6.84. The molecule has 6 rings (SSSR count). The van der Waals surface area contributed by atoms with Gasteiger partial charge in [-0.15, -0.1) is 0 Å². The third-order valence-corrected chi connectivity index (χ3v) is 10.5. The topological polar surface area (TPSA) is 63.7 Å². The lowest BCUT2D eigenvalue weighted by atomic mass is 9.50. The van der Waals surface area contributed by atoms with Crippen molar-refractivity contribution in [2.75, 3.05) is 19.0 Å². The van der Waals surface area contributed by atoms with Gasteiger partial charge in [0.2, 0.25) is 0 Å². The van der Waals surface area contributed by atoms with Crippen molar-refractivity contribution in [2.24, 2.45) is 17.3 Å². The molecule has 2 fully saturated rings. The summed E-state index contributed by atoms with van der Waals surface area (Å²) in [6, 6.07) is 17.8. The molecular formula is C35H39NO4. The lowest BCUT2D eigenvalue weighted by Gasteiger charge is -2.55. The molecule has 40 heavy (non-hydrogen) atoms. The average Bonchev–Trinajstić information content (AvgIpc) is 3.25. The lowest BCUT2D eigenvalue weighted by molar-refractivity contribution is -0.154. The van der Waals surface area contributed by atoms with Gasteiger partial charge in [0, 0.05) is 37.5 Å². The number of rotatable bonds is 5. The molecule has 0 bridgehead atoms. The Hall–Kier alpha value is -3.47. The second-order valence-electron chi connectivity index (χ2n) is 12.7. The average molecular weight is 538 g/mol. The van der Waals surface area contributed by atoms with Crippen molar-refractivity contribution in [1.29, 1.82) is 0 Å². The molecule has 5 heteroatoms. The Kier molecular flexibility index (Phi) is 6.59. The molecule has 0 aromatic heterocycles. The zero-order valence-electron chi connectivity index (χ0n) is 24.0. The predicted molar refractivity (Wildman–Crippen MR) is 156 cm³/mol. The fraction of sp³-hybridized carbons (Fsp3) is 0.457. The minimum Gasteiger partial charge on any atom is -0.447 e. The fourth-order valence-electron chi connectivity index (χ4n) is 8.56. The Balaban J connectivity index is 1.48. The highest BCUT2D eigenvalue weighted by Crippen LogP contribution is 2.68. The van der Waals surface area contributed by atoms with E-state index in [1.165, 1.54) is 22.3 Å². The molecule has 4 aliphatic rings. The lowest BCUT2D eigenvalue weighted by Crippen LogP contribution is -2.57. The standard InChI is InChI=1S/C35H39NO4/c1-22(37)35(40-33(39)24-8-6-5-7-9-24)19-18-31-29-16-12-25-20-27(38)15-17-28(25)32(29)30(21-34(31,35)2)23-10-13-26(14-11-23)36(3)4/h5-11,13-14,20,29-31H,12,15-19,21H2,1-4H3/t29-,30+,31-,34-,35-/m0/s1. The summed E-state index contributed by atoms with van der Waals surface area (Å²) in [5.74, 6) is 0.386. The van der Waals surface area contributed by atoms with E-state index in [0.717, 1.165) is 37.8 Å². The van der Waals surface area contributed by atoms with Crippen LogP contribution >= 0.6 is 0 Å². The molecule has 5 atom stereocenters. The van der Waals surface area contributed by atoms with E-state index >= 15 is 0 Å². The number of hydrogen-bond acceptors (Lipinski definition) is 5. The monoisotopic (exact) mass is 537 g/mol. The zero-order valence-corrected chi connectivity index (χ0v) is 24.0. The van der Waals surface area contributed by atoms with Gasteiger partial charge in [0.05, 0.1) is 5.56 Å². The van der Waals surface area contributed by atoms with Gasteiger partial charge in [-0.1, -0.05) is 42.8 Å². The molecule has 5 nitrogen and oxygen atoms in total. The maximum atomic E-state index is 13.6. The molecule has 0 saturated heterocycles. The van der Waals surface area contributed by atoms with Crippen LogP contribution in [0.4, 0.5) is 5.69 Å². The van der Waals surface area contributed by atoms with Gasteiger partial charge in [0.25, 0.3) is 0 Å². The van der Waals surface area contributed by atoms with Gasteiger partial charge in [-0.05, 0) is 104 Å². The van der Waals surface area contributed by atoms with Gasteiger partial charge >= 0.3 is 5.97 Å². The molecular weight excluding hydrogens is 498 g/mol. The summed E-state index contributed by atoms with van der Waals surface area (Å²) in [6.45, 7) is 3.82. The highest BCUT2D eigenvalue weighted by Gasteiger charge is 2.67. The highest BCUT2D eigenvalue weighted by atomic mass is 16.6. The summed E-state index contributed by atoms with van der Waals surface area (Å²) in [5.41, 5.74) is 5.24. The van der Waals surface area contributed by atoms with E-state index in [1.807, 2.05) is 38.4 Å². The van der Waals surface area contributed by atoms with E-state index in [-0.39, 0.29) is 23.4 Å². The number of Topliss-reactive ketones (excluding diaryl/α,β-unsaturated/α-hetero) is 1.